The minimum absolute atomic E-state index is 0. The van der Waals surface area contributed by atoms with E-state index in [2.05, 4.69) is 15.6 Å². The van der Waals surface area contributed by atoms with Crippen molar-refractivity contribution >= 4 is 40.8 Å². The lowest BCUT2D eigenvalue weighted by atomic mass is 9.88. The van der Waals surface area contributed by atoms with E-state index < -0.39 is 5.97 Å². The summed E-state index contributed by atoms with van der Waals surface area (Å²) >= 11 is 1.17. The summed E-state index contributed by atoms with van der Waals surface area (Å²) in [6.45, 7) is 9.58. The average Bonchev–Trinajstić information content (AvgIpc) is 2.79. The number of halogens is 1. The minimum Gasteiger partial charge on any atom is -0.465 e. The molecule has 2 rings (SSSR count). The second-order valence-corrected chi connectivity index (χ2v) is 7.63. The molecule has 2 heterocycles. The molecule has 6 nitrogen and oxygen atoms in total. The molecule has 1 amide bonds. The van der Waals surface area contributed by atoms with Crippen molar-refractivity contribution in [1.29, 1.82) is 0 Å². The summed E-state index contributed by atoms with van der Waals surface area (Å²) in [4.78, 5) is 29.1. The Morgan fingerprint density at radius 2 is 2.00 bits per heavy atom. The number of thiazole rings is 1. The predicted molar refractivity (Wildman–Crippen MR) is 93.6 cm³/mol. The number of nitrogens with zero attached hydrogens (tertiary/aromatic N) is 1. The van der Waals surface area contributed by atoms with Gasteiger partial charge in [-0.2, -0.15) is 0 Å². The van der Waals surface area contributed by atoms with Gasteiger partial charge in [-0.05, 0) is 19.0 Å². The second-order valence-electron chi connectivity index (χ2n) is 6.63. The lowest BCUT2D eigenvalue weighted by Gasteiger charge is -2.31. The summed E-state index contributed by atoms with van der Waals surface area (Å²) < 4.78 is 4.81. The number of anilines is 1. The predicted octanol–water partition coefficient (Wildman–Crippen LogP) is 2.44. The molecule has 23 heavy (non-hydrogen) atoms. The van der Waals surface area contributed by atoms with Crippen molar-refractivity contribution in [2.45, 2.75) is 33.1 Å². The highest BCUT2D eigenvalue weighted by molar-refractivity contribution is 7.17. The highest BCUT2D eigenvalue weighted by Gasteiger charge is 2.31. The molecule has 0 bridgehead atoms. The third-order valence-electron chi connectivity index (χ3n) is 3.87. The number of hydrogen-bond acceptors (Lipinski definition) is 6. The van der Waals surface area contributed by atoms with Crippen molar-refractivity contribution in [3.8, 4) is 0 Å². The zero-order chi connectivity index (χ0) is 16.5. The number of hydrogen-bond donors (Lipinski definition) is 2. The Hall–Kier alpha value is -1.18. The van der Waals surface area contributed by atoms with Gasteiger partial charge < -0.3 is 15.4 Å². The quantitative estimate of drug-likeness (QED) is 0.805. The van der Waals surface area contributed by atoms with E-state index in [-0.39, 0.29) is 29.6 Å². The van der Waals surface area contributed by atoms with Crippen LogP contribution >= 0.6 is 23.7 Å². The molecule has 0 saturated carbocycles. The van der Waals surface area contributed by atoms with Crippen molar-refractivity contribution in [2.75, 3.05) is 25.5 Å². The Bertz CT molecular complexity index is 579. The van der Waals surface area contributed by atoms with E-state index in [1.54, 1.807) is 0 Å². The molecule has 0 aromatic carbocycles. The van der Waals surface area contributed by atoms with Gasteiger partial charge in [0.1, 0.15) is 4.88 Å². The van der Waals surface area contributed by atoms with Gasteiger partial charge in [-0.15, -0.1) is 12.4 Å². The highest BCUT2D eigenvalue weighted by Crippen LogP contribution is 2.33. The first-order chi connectivity index (χ1) is 10.2. The van der Waals surface area contributed by atoms with Crippen LogP contribution in [0.25, 0.3) is 0 Å². The van der Waals surface area contributed by atoms with Gasteiger partial charge >= 0.3 is 5.97 Å². The maximum atomic E-state index is 12.3. The third kappa shape index (κ3) is 4.43. The van der Waals surface area contributed by atoms with E-state index in [4.69, 9.17) is 4.74 Å². The Morgan fingerprint density at radius 1 is 1.39 bits per heavy atom. The summed E-state index contributed by atoms with van der Waals surface area (Å²) in [6, 6.07) is 0. The monoisotopic (exact) mass is 361 g/mol. The van der Waals surface area contributed by atoms with E-state index in [0.717, 1.165) is 13.1 Å². The molecule has 1 saturated heterocycles. The Labute approximate surface area is 146 Å². The molecule has 1 atom stereocenters. The smallest absolute Gasteiger partial charge is 0.350 e. The maximum Gasteiger partial charge on any atom is 0.350 e. The number of nitrogens with one attached hydrogen (secondary N) is 2. The SMILES string of the molecule is COC(=O)c1sc(NC(=O)C(C)C2CNC2)nc1C(C)(C)C.Cl. The van der Waals surface area contributed by atoms with Gasteiger partial charge in [-0.1, -0.05) is 39.0 Å². The lowest BCUT2D eigenvalue weighted by Crippen LogP contribution is -2.48. The summed E-state index contributed by atoms with van der Waals surface area (Å²) in [5.74, 6) is -0.191. The van der Waals surface area contributed by atoms with Gasteiger partial charge in [-0.3, -0.25) is 4.79 Å². The van der Waals surface area contributed by atoms with E-state index in [1.165, 1.54) is 18.4 Å². The molecule has 1 aromatic rings. The Balaban J connectivity index is 0.00000264. The number of carbonyl (C=O) groups excluding carboxylic acids is 2. The van der Waals surface area contributed by atoms with Crippen LogP contribution < -0.4 is 10.6 Å². The third-order valence-corrected chi connectivity index (χ3v) is 4.82. The zero-order valence-corrected chi connectivity index (χ0v) is 15.7. The van der Waals surface area contributed by atoms with Gasteiger partial charge in [0.15, 0.2) is 5.13 Å². The molecule has 2 N–H and O–H groups in total. The molecule has 1 aliphatic rings. The van der Waals surface area contributed by atoms with Crippen LogP contribution in [-0.4, -0.2) is 37.1 Å². The topological polar surface area (TPSA) is 80.3 Å². The van der Waals surface area contributed by atoms with Crippen LogP contribution in [0.3, 0.4) is 0 Å². The number of rotatable bonds is 4. The van der Waals surface area contributed by atoms with Crippen LogP contribution in [0.5, 0.6) is 0 Å². The molecule has 130 valence electrons. The van der Waals surface area contributed by atoms with E-state index in [9.17, 15) is 9.59 Å². The summed E-state index contributed by atoms with van der Waals surface area (Å²) in [5.41, 5.74) is 0.351. The molecule has 1 aromatic heterocycles. The molecule has 1 aliphatic heterocycles. The number of methoxy groups -OCH3 is 1. The largest absolute Gasteiger partial charge is 0.465 e. The van der Waals surface area contributed by atoms with E-state index >= 15 is 0 Å². The first-order valence-corrected chi connectivity index (χ1v) is 8.17. The summed E-state index contributed by atoms with van der Waals surface area (Å²) in [6.07, 6.45) is 0. The number of ether oxygens (including phenoxy) is 1. The van der Waals surface area contributed by atoms with Crippen LogP contribution in [0.2, 0.25) is 0 Å². The Kier molecular flexibility index (Phi) is 6.56. The van der Waals surface area contributed by atoms with Crippen LogP contribution in [0.4, 0.5) is 5.13 Å². The van der Waals surface area contributed by atoms with Crippen molar-refractivity contribution < 1.29 is 14.3 Å². The molecule has 1 unspecified atom stereocenters. The fraction of sp³-hybridized carbons (Fsp3) is 0.667. The fourth-order valence-electron chi connectivity index (χ4n) is 2.21. The van der Waals surface area contributed by atoms with Crippen LogP contribution in [0, 0.1) is 11.8 Å². The maximum absolute atomic E-state index is 12.3. The first kappa shape index (κ1) is 19.9. The normalized spacial score (nSPS) is 16.0. The van der Waals surface area contributed by atoms with Crippen LogP contribution in [0.1, 0.15) is 43.1 Å². The fourth-order valence-corrected chi connectivity index (χ4v) is 3.31. The highest BCUT2D eigenvalue weighted by atomic mass is 35.5. The van der Waals surface area contributed by atoms with Crippen molar-refractivity contribution in [3.63, 3.8) is 0 Å². The minimum atomic E-state index is -0.417. The molecule has 8 heteroatoms. The molecule has 0 radical (unpaired) electrons. The summed E-state index contributed by atoms with van der Waals surface area (Å²) in [5, 5.41) is 6.45. The van der Waals surface area contributed by atoms with E-state index in [0.29, 0.717) is 21.6 Å². The average molecular weight is 362 g/mol. The number of carbonyl (C=O) groups is 2. The number of aromatic nitrogens is 1. The Morgan fingerprint density at radius 3 is 2.43 bits per heavy atom. The number of amides is 1. The lowest BCUT2D eigenvalue weighted by molar-refractivity contribution is -0.121. The molecular weight excluding hydrogens is 338 g/mol. The van der Waals surface area contributed by atoms with Gasteiger partial charge in [-0.25, -0.2) is 9.78 Å². The van der Waals surface area contributed by atoms with Gasteiger partial charge in [0, 0.05) is 11.3 Å². The van der Waals surface area contributed by atoms with E-state index in [1.807, 2.05) is 27.7 Å². The molecule has 0 spiro atoms. The van der Waals surface area contributed by atoms with Crippen molar-refractivity contribution in [3.05, 3.63) is 10.6 Å². The molecule has 0 aliphatic carbocycles. The zero-order valence-electron chi connectivity index (χ0n) is 14.1. The van der Waals surface area contributed by atoms with Crippen molar-refractivity contribution in [2.24, 2.45) is 11.8 Å². The van der Waals surface area contributed by atoms with Gasteiger partial charge in [0.2, 0.25) is 5.91 Å². The first-order valence-electron chi connectivity index (χ1n) is 7.35. The molecule has 1 fully saturated rings. The van der Waals surface area contributed by atoms with Crippen molar-refractivity contribution in [1.82, 2.24) is 10.3 Å². The molecular formula is C15H24ClN3O3S. The standard InChI is InChI=1S/C15H23N3O3S.ClH/c1-8(9-6-16-7-9)12(19)18-14-17-11(15(2,3)4)10(22-14)13(20)21-5;/h8-9,16H,6-7H2,1-5H3,(H,17,18,19);1H. The second kappa shape index (κ2) is 7.59. The van der Waals surface area contributed by atoms with Gasteiger partial charge in [0.05, 0.1) is 12.8 Å². The van der Waals surface area contributed by atoms with Crippen LogP contribution in [-0.2, 0) is 14.9 Å². The number of esters is 1. The van der Waals surface area contributed by atoms with Crippen LogP contribution in [0.15, 0.2) is 0 Å². The summed E-state index contributed by atoms with van der Waals surface area (Å²) in [7, 11) is 1.35. The van der Waals surface area contributed by atoms with Gasteiger partial charge in [0.25, 0.3) is 0 Å².